The minimum Gasteiger partial charge on any atom is -0.545 e. The molecule has 9 heteroatoms. The first-order chi connectivity index (χ1) is 12.3. The quantitative estimate of drug-likeness (QED) is 0.815. The van der Waals surface area contributed by atoms with Gasteiger partial charge in [0.05, 0.1) is 23.2 Å². The maximum atomic E-state index is 12.6. The number of amides is 2. The molecule has 2 aromatic rings. The Morgan fingerprint density at radius 3 is 2.69 bits per heavy atom. The van der Waals surface area contributed by atoms with Gasteiger partial charge in [-0.15, -0.1) is 0 Å². The van der Waals surface area contributed by atoms with Gasteiger partial charge in [0.25, 0.3) is 11.1 Å². The first-order valence-electron chi connectivity index (χ1n) is 7.39. The molecule has 0 unspecified atom stereocenters. The zero-order valence-corrected chi connectivity index (χ0v) is 15.4. The van der Waals surface area contributed by atoms with Crippen molar-refractivity contribution in [2.24, 2.45) is 0 Å². The maximum Gasteiger partial charge on any atom is 0.291 e. The number of nitrogens with zero attached hydrogens (tertiary/aromatic N) is 1. The molecule has 3 rings (SSSR count). The number of carboxylic acids is 1. The van der Waals surface area contributed by atoms with Crippen LogP contribution in [0.3, 0.4) is 0 Å². The van der Waals surface area contributed by atoms with Crippen LogP contribution in [0.5, 0.6) is 0 Å². The van der Waals surface area contributed by atoms with E-state index in [2.05, 4.69) is 5.32 Å². The fraction of sp³-hybridized carbons (Fsp3) is 0.118. The summed E-state index contributed by atoms with van der Waals surface area (Å²) >= 11 is 12.8. The van der Waals surface area contributed by atoms with Crippen LogP contribution in [0.2, 0.25) is 10.0 Å². The number of halogens is 2. The minimum absolute atomic E-state index is 0.0189. The number of hydrogen-bond acceptors (Lipinski definition) is 6. The SMILES string of the molecule is O=C([O-])c1cccc(CN2C(=O)S[C@@H](Nc3cc(Cl)ccc3Cl)C2=O)c1. The Bertz CT molecular complexity index is 906. The Morgan fingerprint density at radius 2 is 1.96 bits per heavy atom. The molecule has 1 heterocycles. The number of benzene rings is 2. The number of anilines is 1. The van der Waals surface area contributed by atoms with E-state index in [4.69, 9.17) is 23.2 Å². The van der Waals surface area contributed by atoms with Crippen LogP contribution >= 0.6 is 35.0 Å². The molecule has 0 bridgehead atoms. The molecule has 26 heavy (non-hydrogen) atoms. The van der Waals surface area contributed by atoms with Crippen LogP contribution in [0.1, 0.15) is 15.9 Å². The zero-order chi connectivity index (χ0) is 18.8. The number of thioether (sulfide) groups is 1. The summed E-state index contributed by atoms with van der Waals surface area (Å²) in [5, 5.41) is 13.4. The van der Waals surface area contributed by atoms with E-state index >= 15 is 0 Å². The second-order valence-electron chi connectivity index (χ2n) is 5.44. The molecule has 0 aromatic heterocycles. The molecule has 0 spiro atoms. The summed E-state index contributed by atoms with van der Waals surface area (Å²) in [5.74, 6) is -1.77. The summed E-state index contributed by atoms with van der Waals surface area (Å²) in [4.78, 5) is 36.7. The predicted molar refractivity (Wildman–Crippen MR) is 98.2 cm³/mol. The van der Waals surface area contributed by atoms with Gasteiger partial charge in [-0.1, -0.05) is 41.4 Å². The van der Waals surface area contributed by atoms with Crippen molar-refractivity contribution < 1.29 is 19.5 Å². The smallest absolute Gasteiger partial charge is 0.291 e. The first-order valence-corrected chi connectivity index (χ1v) is 9.02. The summed E-state index contributed by atoms with van der Waals surface area (Å²) in [5.41, 5.74) is 0.934. The number of imide groups is 1. The Labute approximate surface area is 163 Å². The molecule has 2 aromatic carbocycles. The van der Waals surface area contributed by atoms with Crippen molar-refractivity contribution in [1.29, 1.82) is 0 Å². The van der Waals surface area contributed by atoms with Crippen molar-refractivity contribution >= 4 is 57.8 Å². The molecular weight excluding hydrogens is 399 g/mol. The number of aromatic carboxylic acids is 1. The van der Waals surface area contributed by atoms with E-state index in [1.54, 1.807) is 24.3 Å². The molecule has 2 amide bonds. The molecule has 134 valence electrons. The van der Waals surface area contributed by atoms with Crippen LogP contribution in [0.25, 0.3) is 0 Å². The van der Waals surface area contributed by atoms with Gasteiger partial charge in [-0.25, -0.2) is 0 Å². The molecule has 0 aliphatic carbocycles. The number of carbonyl (C=O) groups excluding carboxylic acids is 3. The molecule has 1 saturated heterocycles. The summed E-state index contributed by atoms with van der Waals surface area (Å²) in [7, 11) is 0. The maximum absolute atomic E-state index is 12.6. The number of rotatable bonds is 5. The molecule has 1 fully saturated rings. The molecule has 1 atom stereocenters. The third-order valence-corrected chi connectivity index (χ3v) is 5.19. The highest BCUT2D eigenvalue weighted by Crippen LogP contribution is 2.33. The van der Waals surface area contributed by atoms with Gasteiger partial charge < -0.3 is 15.2 Å². The largest absolute Gasteiger partial charge is 0.545 e. The van der Waals surface area contributed by atoms with Crippen LogP contribution in [-0.2, 0) is 11.3 Å². The minimum atomic E-state index is -1.32. The highest BCUT2D eigenvalue weighted by molar-refractivity contribution is 8.15. The highest BCUT2D eigenvalue weighted by atomic mass is 35.5. The lowest BCUT2D eigenvalue weighted by atomic mass is 10.1. The van der Waals surface area contributed by atoms with Gasteiger partial charge in [-0.05, 0) is 47.2 Å². The number of carbonyl (C=O) groups is 3. The fourth-order valence-electron chi connectivity index (χ4n) is 2.41. The van der Waals surface area contributed by atoms with Crippen molar-refractivity contribution in [3.05, 3.63) is 63.6 Å². The van der Waals surface area contributed by atoms with E-state index in [-0.39, 0.29) is 12.1 Å². The van der Waals surface area contributed by atoms with E-state index in [0.717, 1.165) is 16.7 Å². The molecule has 1 N–H and O–H groups in total. The molecule has 6 nitrogen and oxygen atoms in total. The average molecular weight is 410 g/mol. The van der Waals surface area contributed by atoms with E-state index in [9.17, 15) is 19.5 Å². The lowest BCUT2D eigenvalue weighted by Crippen LogP contribution is -2.34. The third kappa shape index (κ3) is 3.95. The van der Waals surface area contributed by atoms with Gasteiger partial charge in [0.2, 0.25) is 0 Å². The number of carboxylic acid groups (broad SMARTS) is 1. The lowest BCUT2D eigenvalue weighted by Gasteiger charge is -2.16. The Hall–Kier alpha value is -2.22. The van der Waals surface area contributed by atoms with Gasteiger partial charge in [-0.2, -0.15) is 0 Å². The van der Waals surface area contributed by atoms with Gasteiger partial charge in [0.15, 0.2) is 5.37 Å². The van der Waals surface area contributed by atoms with E-state index in [0.29, 0.717) is 21.3 Å². The van der Waals surface area contributed by atoms with Gasteiger partial charge in [0, 0.05) is 5.02 Å². The topological polar surface area (TPSA) is 89.5 Å². The van der Waals surface area contributed by atoms with Gasteiger partial charge in [-0.3, -0.25) is 14.5 Å². The summed E-state index contributed by atoms with van der Waals surface area (Å²) < 4.78 is 0. The van der Waals surface area contributed by atoms with Crippen molar-refractivity contribution in [2.75, 3.05) is 5.32 Å². The predicted octanol–water partition coefficient (Wildman–Crippen LogP) is 2.99. The van der Waals surface area contributed by atoms with Crippen molar-refractivity contribution in [3.63, 3.8) is 0 Å². The van der Waals surface area contributed by atoms with Gasteiger partial charge in [0.1, 0.15) is 0 Å². The third-order valence-electron chi connectivity index (χ3n) is 3.65. The van der Waals surface area contributed by atoms with Crippen molar-refractivity contribution in [3.8, 4) is 0 Å². The lowest BCUT2D eigenvalue weighted by molar-refractivity contribution is -0.255. The second kappa shape index (κ2) is 7.57. The highest BCUT2D eigenvalue weighted by Gasteiger charge is 2.39. The zero-order valence-electron chi connectivity index (χ0n) is 13.1. The van der Waals surface area contributed by atoms with Crippen LogP contribution in [0.4, 0.5) is 10.5 Å². The molecule has 0 saturated carbocycles. The number of hydrogen-bond donors (Lipinski definition) is 1. The van der Waals surface area contributed by atoms with Gasteiger partial charge >= 0.3 is 0 Å². The Balaban J connectivity index is 1.76. The normalized spacial score (nSPS) is 16.8. The average Bonchev–Trinajstić information content (AvgIpc) is 2.86. The van der Waals surface area contributed by atoms with Crippen LogP contribution < -0.4 is 10.4 Å². The van der Waals surface area contributed by atoms with Crippen LogP contribution in [-0.4, -0.2) is 27.4 Å². The molecular formula is C17H11Cl2N2O4S-. The molecule has 0 radical (unpaired) electrons. The van der Waals surface area contributed by atoms with E-state index in [1.807, 2.05) is 0 Å². The summed E-state index contributed by atoms with van der Waals surface area (Å²) in [6.45, 7) is -0.0345. The van der Waals surface area contributed by atoms with E-state index in [1.165, 1.54) is 18.2 Å². The standard InChI is InChI=1S/C17H12Cl2N2O4S/c18-11-4-5-12(19)13(7-11)20-14-15(22)21(17(25)26-14)8-9-2-1-3-10(6-9)16(23)24/h1-7,14,20H,8H2,(H,23,24)/p-1/t14-/m1/s1. The summed E-state index contributed by atoms with van der Waals surface area (Å²) in [6.07, 6.45) is 0. The Kier molecular flexibility index (Phi) is 5.41. The van der Waals surface area contributed by atoms with Crippen LogP contribution in [0, 0.1) is 0 Å². The van der Waals surface area contributed by atoms with Crippen molar-refractivity contribution in [1.82, 2.24) is 4.90 Å². The molecule has 1 aliphatic rings. The fourth-order valence-corrected chi connectivity index (χ4v) is 3.65. The van der Waals surface area contributed by atoms with Crippen LogP contribution in [0.15, 0.2) is 42.5 Å². The monoisotopic (exact) mass is 409 g/mol. The Morgan fingerprint density at radius 1 is 1.19 bits per heavy atom. The van der Waals surface area contributed by atoms with Crippen molar-refractivity contribution in [2.45, 2.75) is 11.9 Å². The second-order valence-corrected chi connectivity index (χ2v) is 7.34. The number of nitrogens with one attached hydrogen (secondary N) is 1. The summed E-state index contributed by atoms with van der Waals surface area (Å²) in [6, 6.07) is 10.7. The van der Waals surface area contributed by atoms with E-state index < -0.39 is 22.5 Å². The molecule has 1 aliphatic heterocycles. The first kappa shape index (κ1) is 18.6.